The Balaban J connectivity index is 0.00000121. The Kier molecular flexibility index (Phi) is 7.28. The molecule has 0 saturated carbocycles. The molecule has 1 aliphatic rings. The summed E-state index contributed by atoms with van der Waals surface area (Å²) in [6.45, 7) is 7.40. The molecule has 0 radical (unpaired) electrons. The molecule has 1 fully saturated rings. The standard InChI is InChI=1S/C21H28N3.2BrH/c1-17-21-19(18-9-4-5-10-20(18)22-21)11-13-23(17)12-8-16-24(2)14-6-3-7-15-24;;/h4-5,9-11,13H,3,6-8,12,14-16H2,1-2H3;2*1H/q+1;;/p-1. The summed E-state index contributed by atoms with van der Waals surface area (Å²) in [6.07, 6.45) is 7.77. The van der Waals surface area contributed by atoms with Gasteiger partial charge in [-0.2, -0.15) is 0 Å². The summed E-state index contributed by atoms with van der Waals surface area (Å²) >= 11 is 0. The molecule has 0 unspecified atom stereocenters. The highest BCUT2D eigenvalue weighted by molar-refractivity contribution is 6.07. The molecule has 0 bridgehead atoms. The maximum absolute atomic E-state index is 3.61. The molecule has 3 heterocycles. The fourth-order valence-electron chi connectivity index (χ4n) is 4.41. The van der Waals surface area contributed by atoms with Gasteiger partial charge in [-0.25, -0.2) is 4.57 Å². The summed E-state index contributed by atoms with van der Waals surface area (Å²) in [5.41, 5.74) is 3.88. The molecule has 5 heteroatoms. The number of H-pyrrole nitrogens is 1. The number of aromatic amines is 1. The van der Waals surface area contributed by atoms with Crippen LogP contribution in [-0.4, -0.2) is 36.1 Å². The van der Waals surface area contributed by atoms with Gasteiger partial charge < -0.3 is 43.4 Å². The van der Waals surface area contributed by atoms with Crippen molar-refractivity contribution in [3.63, 3.8) is 0 Å². The van der Waals surface area contributed by atoms with Gasteiger partial charge in [0.15, 0.2) is 12.7 Å². The highest BCUT2D eigenvalue weighted by atomic mass is 79.9. The van der Waals surface area contributed by atoms with Crippen LogP contribution in [0.2, 0.25) is 0 Å². The smallest absolute Gasteiger partial charge is 0.202 e. The summed E-state index contributed by atoms with van der Waals surface area (Å²) in [6, 6.07) is 10.9. The zero-order valence-electron chi connectivity index (χ0n) is 15.8. The van der Waals surface area contributed by atoms with Gasteiger partial charge >= 0.3 is 0 Å². The van der Waals surface area contributed by atoms with E-state index in [9.17, 15) is 0 Å². The van der Waals surface area contributed by atoms with Crippen LogP contribution in [0, 0.1) is 6.92 Å². The lowest BCUT2D eigenvalue weighted by Crippen LogP contribution is -3.00. The summed E-state index contributed by atoms with van der Waals surface area (Å²) in [7, 11) is 2.44. The first-order valence-electron chi connectivity index (χ1n) is 9.39. The lowest BCUT2D eigenvalue weighted by atomic mass is 10.1. The van der Waals surface area contributed by atoms with E-state index in [1.807, 2.05) is 0 Å². The fourth-order valence-corrected chi connectivity index (χ4v) is 4.41. The summed E-state index contributed by atoms with van der Waals surface area (Å²) in [5.74, 6) is 0. The number of pyridine rings is 1. The van der Waals surface area contributed by atoms with E-state index in [4.69, 9.17) is 0 Å². The Labute approximate surface area is 177 Å². The predicted octanol–water partition coefficient (Wildman–Crippen LogP) is -2.05. The van der Waals surface area contributed by atoms with Crippen molar-refractivity contribution in [2.24, 2.45) is 0 Å². The van der Waals surface area contributed by atoms with Crippen LogP contribution in [0.25, 0.3) is 21.8 Å². The predicted molar refractivity (Wildman–Crippen MR) is 100.0 cm³/mol. The molecule has 0 aliphatic carbocycles. The number of piperidine rings is 1. The number of quaternary nitrogens is 1. The van der Waals surface area contributed by atoms with E-state index in [0.717, 1.165) is 6.54 Å². The summed E-state index contributed by atoms with van der Waals surface area (Å²) in [5, 5.41) is 2.67. The number of aromatic nitrogens is 2. The van der Waals surface area contributed by atoms with Gasteiger partial charge in [-0.1, -0.05) is 18.2 Å². The Morgan fingerprint density at radius 3 is 2.50 bits per heavy atom. The number of hydrogen-bond donors (Lipinski definition) is 1. The molecule has 26 heavy (non-hydrogen) atoms. The monoisotopic (exact) mass is 481 g/mol. The molecule has 1 aliphatic heterocycles. The number of aryl methyl sites for hydroxylation is 2. The van der Waals surface area contributed by atoms with Crippen molar-refractivity contribution in [1.82, 2.24) is 4.98 Å². The van der Waals surface area contributed by atoms with Crippen LogP contribution < -0.4 is 38.5 Å². The fraction of sp³-hybridized carbons (Fsp3) is 0.476. The van der Waals surface area contributed by atoms with Crippen molar-refractivity contribution >= 4 is 21.8 Å². The molecule has 142 valence electrons. The number of fused-ring (bicyclic) bond motifs is 3. The highest BCUT2D eigenvalue weighted by Crippen LogP contribution is 2.25. The van der Waals surface area contributed by atoms with Crippen LogP contribution >= 0.6 is 0 Å². The second kappa shape index (κ2) is 8.85. The van der Waals surface area contributed by atoms with E-state index in [-0.39, 0.29) is 34.0 Å². The largest absolute Gasteiger partial charge is 1.00 e. The van der Waals surface area contributed by atoms with Crippen LogP contribution in [0.1, 0.15) is 31.4 Å². The minimum Gasteiger partial charge on any atom is -1.00 e. The van der Waals surface area contributed by atoms with E-state index < -0.39 is 0 Å². The van der Waals surface area contributed by atoms with Crippen LogP contribution in [-0.2, 0) is 6.54 Å². The highest BCUT2D eigenvalue weighted by Gasteiger charge is 2.25. The second-order valence-electron chi connectivity index (χ2n) is 7.76. The number of rotatable bonds is 4. The number of nitrogens with one attached hydrogen (secondary N) is 1. The molecule has 3 aromatic rings. The van der Waals surface area contributed by atoms with Gasteiger partial charge in [0.1, 0.15) is 5.52 Å². The van der Waals surface area contributed by atoms with Gasteiger partial charge in [-0.3, -0.25) is 0 Å². The number of likely N-dealkylation sites (tertiary alicyclic amines) is 1. The minimum atomic E-state index is 0. The zero-order valence-corrected chi connectivity index (χ0v) is 18.9. The van der Waals surface area contributed by atoms with Crippen LogP contribution in [0.3, 0.4) is 0 Å². The van der Waals surface area contributed by atoms with Crippen molar-refractivity contribution in [2.45, 2.75) is 39.2 Å². The topological polar surface area (TPSA) is 19.7 Å². The molecule has 0 spiro atoms. The lowest BCUT2D eigenvalue weighted by molar-refractivity contribution is -0.916. The Bertz CT molecular complexity index is 866. The Morgan fingerprint density at radius 2 is 1.73 bits per heavy atom. The van der Waals surface area contributed by atoms with Crippen molar-refractivity contribution < 1.29 is 43.0 Å². The van der Waals surface area contributed by atoms with Gasteiger partial charge in [0.2, 0.25) is 5.69 Å². The summed E-state index contributed by atoms with van der Waals surface area (Å²) < 4.78 is 3.70. The normalized spacial score (nSPS) is 16.2. The Morgan fingerprint density at radius 1 is 1.00 bits per heavy atom. The van der Waals surface area contributed by atoms with Crippen molar-refractivity contribution in [1.29, 1.82) is 0 Å². The van der Waals surface area contributed by atoms with Crippen molar-refractivity contribution in [3.8, 4) is 0 Å². The maximum atomic E-state index is 3.61. The number of nitrogens with zero attached hydrogens (tertiary/aromatic N) is 2. The van der Waals surface area contributed by atoms with Crippen LogP contribution in [0.15, 0.2) is 36.5 Å². The van der Waals surface area contributed by atoms with E-state index in [1.165, 1.54) is 77.3 Å². The molecule has 4 rings (SSSR count). The summed E-state index contributed by atoms with van der Waals surface area (Å²) in [4.78, 5) is 3.61. The maximum Gasteiger partial charge on any atom is 0.202 e. The quantitative estimate of drug-likeness (QED) is 0.326. The van der Waals surface area contributed by atoms with E-state index in [2.05, 4.69) is 60.1 Å². The third kappa shape index (κ3) is 4.15. The van der Waals surface area contributed by atoms with Gasteiger partial charge in [0.05, 0.1) is 33.1 Å². The number of benzene rings is 1. The molecular weight excluding hydrogens is 454 g/mol. The zero-order chi connectivity index (χ0) is 16.6. The molecule has 1 aromatic carbocycles. The molecule has 3 nitrogen and oxygen atoms in total. The van der Waals surface area contributed by atoms with E-state index >= 15 is 0 Å². The molecule has 2 aromatic heterocycles. The average molecular weight is 483 g/mol. The van der Waals surface area contributed by atoms with Crippen LogP contribution in [0.4, 0.5) is 0 Å². The molecule has 0 amide bonds. The van der Waals surface area contributed by atoms with Gasteiger partial charge in [0, 0.05) is 29.3 Å². The molecule has 0 atom stereocenters. The van der Waals surface area contributed by atoms with Crippen LogP contribution in [0.5, 0.6) is 0 Å². The number of hydrogen-bond acceptors (Lipinski definition) is 0. The third-order valence-corrected chi connectivity index (χ3v) is 5.95. The molecule has 1 N–H and O–H groups in total. The lowest BCUT2D eigenvalue weighted by Gasteiger charge is -2.37. The second-order valence-corrected chi connectivity index (χ2v) is 7.76. The van der Waals surface area contributed by atoms with Gasteiger partial charge in [-0.15, -0.1) is 0 Å². The van der Waals surface area contributed by atoms with Gasteiger partial charge in [0.25, 0.3) is 0 Å². The SMILES string of the molecule is Cc1c2[nH]c3ccccc3c2cc[n+]1CCC[N+]1(C)CCCCC1.[Br-].[Br-]. The average Bonchev–Trinajstić information content (AvgIpc) is 2.97. The first kappa shape index (κ1) is 21.4. The van der Waals surface area contributed by atoms with Gasteiger partial charge in [-0.05, 0) is 25.3 Å². The molecular formula is C21H29Br2N3. The minimum absolute atomic E-state index is 0. The first-order valence-corrected chi connectivity index (χ1v) is 9.39. The van der Waals surface area contributed by atoms with E-state index in [0.29, 0.717) is 0 Å². The van der Waals surface area contributed by atoms with E-state index in [1.54, 1.807) is 0 Å². The van der Waals surface area contributed by atoms with Crippen molar-refractivity contribution in [2.75, 3.05) is 26.7 Å². The number of para-hydroxylation sites is 1. The third-order valence-electron chi connectivity index (χ3n) is 5.95. The van der Waals surface area contributed by atoms with Crippen molar-refractivity contribution in [3.05, 3.63) is 42.2 Å². The number of halogens is 2. The molecule has 1 saturated heterocycles. The Hall–Kier alpha value is -0.910. The first-order chi connectivity index (χ1) is 11.7.